The molecule has 0 bridgehead atoms. The van der Waals surface area contributed by atoms with Crippen LogP contribution in [-0.2, 0) is 5.41 Å². The summed E-state index contributed by atoms with van der Waals surface area (Å²) >= 11 is 0. The van der Waals surface area contributed by atoms with Gasteiger partial charge in [0.1, 0.15) is 0 Å². The van der Waals surface area contributed by atoms with E-state index in [0.717, 1.165) is 33.4 Å². The molecular formula is C56H42N4. The SMILES string of the molecule is Cc1ccc2c(c1)C(C)(C)c1cc(-c3cccc(-c4nc(-c5ccc(-c6ccccc6)cc5)nc(-c5ccc(-c6ccccc6)cc5)n4)c3)cc3c4cc(C)ccc4n-2c13. The Bertz CT molecular complexity index is 3170. The first kappa shape index (κ1) is 35.7. The molecular weight excluding hydrogens is 729 g/mol. The number of nitrogens with zero attached hydrogens (tertiary/aromatic N) is 4. The summed E-state index contributed by atoms with van der Waals surface area (Å²) in [6.07, 6.45) is 0. The number of rotatable bonds is 6. The summed E-state index contributed by atoms with van der Waals surface area (Å²) in [7, 11) is 0. The lowest BCUT2D eigenvalue weighted by molar-refractivity contribution is 0.629. The number of aryl methyl sites for hydroxylation is 2. The van der Waals surface area contributed by atoms with E-state index in [9.17, 15) is 0 Å². The van der Waals surface area contributed by atoms with Crippen molar-refractivity contribution in [2.75, 3.05) is 0 Å². The van der Waals surface area contributed by atoms with Crippen LogP contribution in [-0.4, -0.2) is 19.5 Å². The van der Waals surface area contributed by atoms with Gasteiger partial charge in [-0.25, -0.2) is 15.0 Å². The molecule has 0 saturated carbocycles. The van der Waals surface area contributed by atoms with Crippen LogP contribution in [0, 0.1) is 13.8 Å². The van der Waals surface area contributed by atoms with E-state index >= 15 is 0 Å². The van der Waals surface area contributed by atoms with E-state index in [2.05, 4.69) is 202 Å². The van der Waals surface area contributed by atoms with Crippen molar-refractivity contribution in [2.45, 2.75) is 33.1 Å². The highest BCUT2D eigenvalue weighted by Crippen LogP contribution is 2.49. The van der Waals surface area contributed by atoms with Gasteiger partial charge >= 0.3 is 0 Å². The van der Waals surface area contributed by atoms with Gasteiger partial charge in [0.05, 0.1) is 16.7 Å². The van der Waals surface area contributed by atoms with Crippen LogP contribution >= 0.6 is 0 Å². The van der Waals surface area contributed by atoms with E-state index < -0.39 is 0 Å². The predicted molar refractivity (Wildman–Crippen MR) is 248 cm³/mol. The third-order valence-electron chi connectivity index (χ3n) is 12.3. The zero-order valence-corrected chi connectivity index (χ0v) is 34.1. The quantitative estimate of drug-likeness (QED) is 0.169. The molecule has 0 saturated heterocycles. The highest BCUT2D eigenvalue weighted by atomic mass is 15.0. The van der Waals surface area contributed by atoms with Crippen LogP contribution in [0.4, 0.5) is 0 Å². The molecule has 0 unspecified atom stereocenters. The zero-order chi connectivity index (χ0) is 40.5. The molecule has 8 aromatic carbocycles. The average Bonchev–Trinajstić information content (AvgIpc) is 3.62. The van der Waals surface area contributed by atoms with Gasteiger partial charge in [0.15, 0.2) is 17.5 Å². The fourth-order valence-corrected chi connectivity index (χ4v) is 9.13. The highest BCUT2D eigenvalue weighted by molar-refractivity contribution is 6.13. The van der Waals surface area contributed by atoms with Crippen molar-refractivity contribution >= 4 is 21.8 Å². The summed E-state index contributed by atoms with van der Waals surface area (Å²) in [4.78, 5) is 15.5. The van der Waals surface area contributed by atoms with Crippen LogP contribution in [0.2, 0.25) is 0 Å². The fraction of sp³-hybridized carbons (Fsp3) is 0.0893. The number of fused-ring (bicyclic) bond motifs is 5. The minimum atomic E-state index is -0.212. The first-order chi connectivity index (χ1) is 29.3. The highest BCUT2D eigenvalue weighted by Gasteiger charge is 2.36. The Morgan fingerprint density at radius 2 is 0.867 bits per heavy atom. The van der Waals surface area contributed by atoms with Crippen molar-refractivity contribution in [2.24, 2.45) is 0 Å². The zero-order valence-electron chi connectivity index (χ0n) is 34.1. The summed E-state index contributed by atoms with van der Waals surface area (Å²) in [5, 5.41) is 2.55. The molecule has 286 valence electrons. The van der Waals surface area contributed by atoms with Gasteiger partial charge in [0, 0.05) is 32.9 Å². The molecule has 0 atom stereocenters. The molecule has 4 heteroatoms. The summed E-state index contributed by atoms with van der Waals surface area (Å²) in [6.45, 7) is 9.13. The monoisotopic (exact) mass is 770 g/mol. The first-order valence-corrected chi connectivity index (χ1v) is 20.7. The maximum absolute atomic E-state index is 5.18. The molecule has 0 N–H and O–H groups in total. The molecule has 0 fully saturated rings. The van der Waals surface area contributed by atoms with Crippen LogP contribution in [0.15, 0.2) is 182 Å². The van der Waals surface area contributed by atoms with Crippen molar-refractivity contribution in [1.29, 1.82) is 0 Å². The van der Waals surface area contributed by atoms with Gasteiger partial charge in [-0.05, 0) is 94.8 Å². The molecule has 3 heterocycles. The van der Waals surface area contributed by atoms with Crippen molar-refractivity contribution in [3.05, 3.63) is 204 Å². The van der Waals surface area contributed by atoms with E-state index in [-0.39, 0.29) is 5.41 Å². The molecule has 0 radical (unpaired) electrons. The summed E-state index contributed by atoms with van der Waals surface area (Å²) in [6, 6.07) is 65.2. The van der Waals surface area contributed by atoms with Crippen LogP contribution in [0.1, 0.15) is 36.1 Å². The van der Waals surface area contributed by atoms with E-state index in [0.29, 0.717) is 17.5 Å². The Morgan fingerprint density at radius 3 is 1.48 bits per heavy atom. The first-order valence-electron chi connectivity index (χ1n) is 20.7. The van der Waals surface area contributed by atoms with E-state index in [1.54, 1.807) is 0 Å². The van der Waals surface area contributed by atoms with Crippen LogP contribution in [0.25, 0.3) is 95.0 Å². The lowest BCUT2D eigenvalue weighted by Gasteiger charge is -2.35. The normalized spacial score (nSPS) is 12.8. The van der Waals surface area contributed by atoms with Crippen LogP contribution in [0.5, 0.6) is 0 Å². The second-order valence-electron chi connectivity index (χ2n) is 16.7. The van der Waals surface area contributed by atoms with Gasteiger partial charge in [-0.1, -0.05) is 171 Å². The molecule has 0 aliphatic carbocycles. The van der Waals surface area contributed by atoms with Crippen LogP contribution in [0.3, 0.4) is 0 Å². The average molecular weight is 771 g/mol. The Morgan fingerprint density at radius 1 is 0.367 bits per heavy atom. The largest absolute Gasteiger partial charge is 0.309 e. The second-order valence-corrected chi connectivity index (χ2v) is 16.7. The lowest BCUT2D eigenvalue weighted by atomic mass is 9.73. The Labute approximate surface area is 350 Å². The number of hydrogen-bond donors (Lipinski definition) is 0. The van der Waals surface area contributed by atoms with Gasteiger partial charge in [0.2, 0.25) is 0 Å². The molecule has 1 aliphatic heterocycles. The van der Waals surface area contributed by atoms with Crippen molar-refractivity contribution < 1.29 is 0 Å². The predicted octanol–water partition coefficient (Wildman–Crippen LogP) is 14.2. The summed E-state index contributed by atoms with van der Waals surface area (Å²) in [5.74, 6) is 1.91. The standard InChI is InChI=1S/C56H42N4/c1-35-18-28-50-46(30-35)47-33-45(34-49-52(47)60(50)51-29-19-36(2)31-48(51)56(49,3)4)43-16-11-17-44(32-43)55-58-53(41-24-20-39(21-25-41)37-12-7-5-8-13-37)57-54(59-55)42-26-22-40(23-27-42)38-14-9-6-10-15-38/h5-34H,1-4H3. The Balaban J connectivity index is 1.06. The third-order valence-corrected chi connectivity index (χ3v) is 12.3. The van der Waals surface area contributed by atoms with E-state index in [1.807, 2.05) is 12.1 Å². The van der Waals surface area contributed by atoms with Gasteiger partial charge in [0.25, 0.3) is 0 Å². The molecule has 1 aliphatic rings. The fourth-order valence-electron chi connectivity index (χ4n) is 9.13. The van der Waals surface area contributed by atoms with Crippen LogP contribution < -0.4 is 0 Å². The van der Waals surface area contributed by atoms with Gasteiger partial charge in [-0.2, -0.15) is 0 Å². The Kier molecular flexibility index (Phi) is 8.25. The number of aromatic nitrogens is 4. The van der Waals surface area contributed by atoms with E-state index in [4.69, 9.17) is 15.0 Å². The molecule has 0 amide bonds. The molecule has 4 nitrogen and oxygen atoms in total. The minimum Gasteiger partial charge on any atom is -0.309 e. The smallest absolute Gasteiger partial charge is 0.164 e. The maximum Gasteiger partial charge on any atom is 0.164 e. The Hall–Kier alpha value is -7.43. The molecule has 0 spiro atoms. The topological polar surface area (TPSA) is 43.6 Å². The van der Waals surface area contributed by atoms with Crippen molar-refractivity contribution in [1.82, 2.24) is 19.5 Å². The second kappa shape index (κ2) is 13.9. The molecule has 60 heavy (non-hydrogen) atoms. The number of hydrogen-bond acceptors (Lipinski definition) is 3. The minimum absolute atomic E-state index is 0.212. The van der Waals surface area contributed by atoms with Gasteiger partial charge < -0.3 is 4.57 Å². The van der Waals surface area contributed by atoms with E-state index in [1.165, 1.54) is 66.4 Å². The molecule has 2 aromatic heterocycles. The molecule has 11 rings (SSSR count). The van der Waals surface area contributed by atoms with Crippen molar-refractivity contribution in [3.63, 3.8) is 0 Å². The summed E-state index contributed by atoms with van der Waals surface area (Å²) in [5.41, 5.74) is 18.5. The summed E-state index contributed by atoms with van der Waals surface area (Å²) < 4.78 is 2.49. The van der Waals surface area contributed by atoms with Gasteiger partial charge in [-0.3, -0.25) is 0 Å². The number of benzene rings is 8. The third kappa shape index (κ3) is 5.95. The molecule has 10 aromatic rings. The maximum atomic E-state index is 5.18. The van der Waals surface area contributed by atoms with Crippen molar-refractivity contribution in [3.8, 4) is 73.2 Å². The van der Waals surface area contributed by atoms with Gasteiger partial charge in [-0.15, -0.1) is 0 Å². The lowest BCUT2D eigenvalue weighted by Crippen LogP contribution is -2.26.